The van der Waals surface area contributed by atoms with E-state index in [0.717, 1.165) is 25.1 Å². The number of sulfone groups is 1. The Kier molecular flexibility index (Phi) is 8.34. The molecule has 0 amide bonds. The molecule has 1 unspecified atom stereocenters. The summed E-state index contributed by atoms with van der Waals surface area (Å²) in [6.07, 6.45) is 3.79. The van der Waals surface area contributed by atoms with Gasteiger partial charge in [0, 0.05) is 26.0 Å². The number of hydrogen-bond donors (Lipinski definition) is 2. The van der Waals surface area contributed by atoms with Crippen LogP contribution >= 0.6 is 0 Å². The van der Waals surface area contributed by atoms with Crippen LogP contribution in [0.4, 0.5) is 23.0 Å². The van der Waals surface area contributed by atoms with Crippen molar-refractivity contribution in [1.82, 2.24) is 19.5 Å². The molecule has 2 N–H and O–H groups in total. The van der Waals surface area contributed by atoms with Crippen LogP contribution in [-0.2, 0) is 19.3 Å². The van der Waals surface area contributed by atoms with Gasteiger partial charge in [-0.25, -0.2) is 23.4 Å². The van der Waals surface area contributed by atoms with Crippen LogP contribution in [-0.4, -0.2) is 61.1 Å². The van der Waals surface area contributed by atoms with Crippen LogP contribution in [0.15, 0.2) is 47.4 Å². The second-order valence-corrected chi connectivity index (χ2v) is 11.6. The molecule has 4 aromatic rings. The lowest BCUT2D eigenvalue weighted by Gasteiger charge is -2.25. The minimum absolute atomic E-state index is 0.115. The van der Waals surface area contributed by atoms with Gasteiger partial charge in [-0.3, -0.25) is 4.57 Å². The van der Waals surface area contributed by atoms with Gasteiger partial charge in [-0.1, -0.05) is 12.1 Å². The van der Waals surface area contributed by atoms with Gasteiger partial charge < -0.3 is 24.8 Å². The van der Waals surface area contributed by atoms with Crippen molar-refractivity contribution in [2.75, 3.05) is 43.8 Å². The number of para-hydroxylation sites is 1. The molecule has 1 saturated heterocycles. The molecule has 5 rings (SSSR count). The van der Waals surface area contributed by atoms with Crippen LogP contribution in [0.1, 0.15) is 37.0 Å². The van der Waals surface area contributed by atoms with Crippen LogP contribution in [0.3, 0.4) is 0 Å². The zero-order valence-electron chi connectivity index (χ0n) is 23.0. The van der Waals surface area contributed by atoms with Crippen LogP contribution in [0.2, 0.25) is 0 Å². The highest BCUT2D eigenvalue weighted by Gasteiger charge is 2.24. The normalized spacial score (nSPS) is 15.4. The first-order valence-electron chi connectivity index (χ1n) is 13.2. The van der Waals surface area contributed by atoms with Gasteiger partial charge in [0.15, 0.2) is 26.9 Å². The monoisotopic (exact) mass is 577 g/mol. The first-order chi connectivity index (χ1) is 19.8. The Morgan fingerprint density at radius 3 is 2.63 bits per heavy atom. The Bertz CT molecular complexity index is 1710. The van der Waals surface area contributed by atoms with Crippen molar-refractivity contribution in [3.05, 3.63) is 54.0 Å². The van der Waals surface area contributed by atoms with Crippen molar-refractivity contribution < 1.29 is 22.6 Å². The molecule has 1 fully saturated rings. The quantitative estimate of drug-likeness (QED) is 0.254. The SMILES string of the molecule is COCCOc1ccc(Nc2cc(Nc3ccccc3S(C)(=O)=O)c3nc(C)n(C4CCCCO4)c3n2)nc1C#N. The maximum atomic E-state index is 12.5. The van der Waals surface area contributed by atoms with E-state index in [1.807, 2.05) is 11.5 Å². The molecule has 0 bridgehead atoms. The summed E-state index contributed by atoms with van der Waals surface area (Å²) >= 11 is 0. The van der Waals surface area contributed by atoms with E-state index in [4.69, 9.17) is 24.2 Å². The molecule has 0 aliphatic carbocycles. The molecule has 1 aliphatic rings. The van der Waals surface area contributed by atoms with Gasteiger partial charge in [0.25, 0.3) is 0 Å². The fourth-order valence-corrected chi connectivity index (χ4v) is 5.56. The van der Waals surface area contributed by atoms with Gasteiger partial charge in [-0.05, 0) is 50.5 Å². The number of rotatable bonds is 10. The predicted octanol–water partition coefficient (Wildman–Crippen LogP) is 4.62. The average molecular weight is 578 g/mol. The minimum atomic E-state index is -3.51. The number of anilines is 4. The van der Waals surface area contributed by atoms with Crippen molar-refractivity contribution in [3.8, 4) is 11.8 Å². The Labute approximate surface area is 238 Å². The highest BCUT2D eigenvalue weighted by atomic mass is 32.2. The molecular weight excluding hydrogens is 546 g/mol. The fraction of sp³-hybridized carbons (Fsp3) is 0.357. The third kappa shape index (κ3) is 6.25. The zero-order valence-corrected chi connectivity index (χ0v) is 23.9. The lowest BCUT2D eigenvalue weighted by atomic mass is 10.2. The first kappa shape index (κ1) is 28.3. The van der Waals surface area contributed by atoms with Gasteiger partial charge >= 0.3 is 0 Å². The summed E-state index contributed by atoms with van der Waals surface area (Å²) in [5, 5.41) is 16.1. The third-order valence-corrected chi connectivity index (χ3v) is 7.74. The number of fused-ring (bicyclic) bond motifs is 1. The molecule has 0 radical (unpaired) electrons. The topological polar surface area (TPSA) is 153 Å². The molecule has 1 aliphatic heterocycles. The number of imidazole rings is 1. The summed E-state index contributed by atoms with van der Waals surface area (Å²) in [6, 6.07) is 13.8. The molecular formula is C28H31N7O5S. The van der Waals surface area contributed by atoms with E-state index in [2.05, 4.69) is 21.7 Å². The smallest absolute Gasteiger partial charge is 0.184 e. The molecule has 41 heavy (non-hydrogen) atoms. The lowest BCUT2D eigenvalue weighted by molar-refractivity contribution is -0.0308. The van der Waals surface area contributed by atoms with E-state index in [9.17, 15) is 13.7 Å². The Morgan fingerprint density at radius 2 is 1.90 bits per heavy atom. The number of hydrogen-bond acceptors (Lipinski definition) is 11. The summed E-state index contributed by atoms with van der Waals surface area (Å²) in [6.45, 7) is 3.21. The second kappa shape index (κ2) is 12.1. The number of nitriles is 1. The van der Waals surface area contributed by atoms with E-state index in [1.54, 1.807) is 49.6 Å². The number of aromatic nitrogens is 4. The van der Waals surface area contributed by atoms with Gasteiger partial charge in [-0.2, -0.15) is 5.26 Å². The van der Waals surface area contributed by atoms with Crippen molar-refractivity contribution in [1.29, 1.82) is 5.26 Å². The fourth-order valence-electron chi connectivity index (χ4n) is 4.72. The largest absolute Gasteiger partial charge is 0.488 e. The highest BCUT2D eigenvalue weighted by Crippen LogP contribution is 2.35. The van der Waals surface area contributed by atoms with Gasteiger partial charge in [0.2, 0.25) is 0 Å². The molecule has 1 aromatic carbocycles. The number of aryl methyl sites for hydroxylation is 1. The third-order valence-electron chi connectivity index (χ3n) is 6.59. The Hall–Kier alpha value is -4.25. The van der Waals surface area contributed by atoms with Crippen LogP contribution in [0.5, 0.6) is 5.75 Å². The summed E-state index contributed by atoms with van der Waals surface area (Å²) < 4.78 is 43.6. The minimum Gasteiger partial charge on any atom is -0.488 e. The van der Waals surface area contributed by atoms with Crippen molar-refractivity contribution in [3.63, 3.8) is 0 Å². The second-order valence-electron chi connectivity index (χ2n) is 9.59. The summed E-state index contributed by atoms with van der Waals surface area (Å²) in [4.78, 5) is 14.2. The van der Waals surface area contributed by atoms with Gasteiger partial charge in [0.1, 0.15) is 41.9 Å². The van der Waals surface area contributed by atoms with E-state index >= 15 is 0 Å². The number of methoxy groups -OCH3 is 1. The molecule has 12 nitrogen and oxygen atoms in total. The number of benzene rings is 1. The Morgan fingerprint density at radius 1 is 1.07 bits per heavy atom. The van der Waals surface area contributed by atoms with Crippen molar-refractivity contribution in [2.45, 2.75) is 37.3 Å². The van der Waals surface area contributed by atoms with Crippen LogP contribution in [0, 0.1) is 18.3 Å². The molecule has 4 heterocycles. The predicted molar refractivity (Wildman–Crippen MR) is 154 cm³/mol. The van der Waals surface area contributed by atoms with Crippen molar-refractivity contribution >= 4 is 44.0 Å². The zero-order chi connectivity index (χ0) is 29.0. The maximum absolute atomic E-state index is 12.5. The highest BCUT2D eigenvalue weighted by molar-refractivity contribution is 7.90. The lowest BCUT2D eigenvalue weighted by Crippen LogP contribution is -2.19. The van der Waals surface area contributed by atoms with Crippen LogP contribution < -0.4 is 15.4 Å². The number of nitrogens with zero attached hydrogens (tertiary/aromatic N) is 5. The summed E-state index contributed by atoms with van der Waals surface area (Å²) in [5.74, 6) is 1.87. The first-order valence-corrected chi connectivity index (χ1v) is 15.0. The molecule has 1 atom stereocenters. The summed E-state index contributed by atoms with van der Waals surface area (Å²) in [5.41, 5.74) is 2.21. The maximum Gasteiger partial charge on any atom is 0.184 e. The Balaban J connectivity index is 1.58. The number of nitrogens with one attached hydrogen (secondary N) is 2. The number of pyridine rings is 2. The van der Waals surface area contributed by atoms with Crippen molar-refractivity contribution in [2.24, 2.45) is 0 Å². The van der Waals surface area contributed by atoms with E-state index < -0.39 is 9.84 Å². The molecule has 214 valence electrons. The van der Waals surface area contributed by atoms with Gasteiger partial charge in [-0.15, -0.1) is 0 Å². The molecule has 3 aromatic heterocycles. The molecule has 0 saturated carbocycles. The van der Waals surface area contributed by atoms with E-state index in [-0.39, 0.29) is 23.4 Å². The van der Waals surface area contributed by atoms with Crippen LogP contribution in [0.25, 0.3) is 11.2 Å². The van der Waals surface area contributed by atoms with E-state index in [0.29, 0.717) is 53.1 Å². The van der Waals surface area contributed by atoms with E-state index in [1.165, 1.54) is 6.26 Å². The standard InChI is InChI=1S/C28H31N7O5S/c1-18-30-27-20(31-19-8-4-5-9-23(19)41(3,36)37)16-25(34-28(27)35(18)26-10-6-7-13-40-26)33-24-12-11-22(21(17-29)32-24)39-15-14-38-2/h4-5,8-9,11-12,16,26H,6-7,10,13-15H2,1-3H3,(H2,31,32,33,34). The number of ether oxygens (including phenoxy) is 3. The average Bonchev–Trinajstić information content (AvgIpc) is 3.30. The molecule has 13 heteroatoms. The van der Waals surface area contributed by atoms with Gasteiger partial charge in [0.05, 0.1) is 22.9 Å². The summed E-state index contributed by atoms with van der Waals surface area (Å²) in [7, 11) is -1.94. The molecule has 0 spiro atoms.